The molecule has 0 N–H and O–H groups in total. The predicted molar refractivity (Wildman–Crippen MR) is 88.1 cm³/mol. The van der Waals surface area contributed by atoms with E-state index in [1.165, 1.54) is 12.8 Å². The Kier molecular flexibility index (Phi) is 4.48. The average molecular weight is 332 g/mol. The van der Waals surface area contributed by atoms with Gasteiger partial charge in [0.15, 0.2) is 0 Å². The zero-order valence-electron chi connectivity index (χ0n) is 14.0. The average Bonchev–Trinajstić information content (AvgIpc) is 3.39. The van der Waals surface area contributed by atoms with Crippen LogP contribution in [0.3, 0.4) is 0 Å². The second-order valence-electron chi connectivity index (χ2n) is 7.50. The van der Waals surface area contributed by atoms with E-state index in [4.69, 9.17) is 0 Å². The monoisotopic (exact) mass is 332 g/mol. The Morgan fingerprint density at radius 1 is 1.12 bits per heavy atom. The van der Waals surface area contributed by atoms with Gasteiger partial charge in [-0.25, -0.2) is 9.97 Å². The summed E-state index contributed by atoms with van der Waals surface area (Å²) in [7, 11) is 0. The van der Waals surface area contributed by atoms with Gasteiger partial charge in [0.05, 0.1) is 6.67 Å². The molecule has 130 valence electrons. The first-order chi connectivity index (χ1) is 11.7. The number of halogens is 1. The van der Waals surface area contributed by atoms with Gasteiger partial charge in [-0.2, -0.15) is 0 Å². The summed E-state index contributed by atoms with van der Waals surface area (Å²) in [5, 5.41) is 0. The molecule has 1 aromatic heterocycles. The second kappa shape index (κ2) is 6.75. The summed E-state index contributed by atoms with van der Waals surface area (Å²) in [6.07, 6.45) is 8.72. The molecule has 0 bridgehead atoms. The van der Waals surface area contributed by atoms with E-state index >= 15 is 0 Å². The van der Waals surface area contributed by atoms with Crippen LogP contribution in [0.15, 0.2) is 12.4 Å². The van der Waals surface area contributed by atoms with Gasteiger partial charge in [0.2, 0.25) is 5.91 Å². The van der Waals surface area contributed by atoms with Gasteiger partial charge in [-0.1, -0.05) is 0 Å². The molecular formula is C18H25FN4O. The van der Waals surface area contributed by atoms with Crippen molar-refractivity contribution in [3.05, 3.63) is 23.8 Å². The van der Waals surface area contributed by atoms with E-state index in [9.17, 15) is 9.18 Å². The number of hydrogen-bond donors (Lipinski definition) is 0. The summed E-state index contributed by atoms with van der Waals surface area (Å²) < 4.78 is 12.8. The van der Waals surface area contributed by atoms with Crippen LogP contribution in [0, 0.1) is 5.92 Å². The van der Waals surface area contributed by atoms with Crippen LogP contribution >= 0.6 is 0 Å². The molecule has 4 rings (SSSR count). The molecule has 3 aliphatic rings. The lowest BCUT2D eigenvalue weighted by Crippen LogP contribution is -2.45. The lowest BCUT2D eigenvalue weighted by molar-refractivity contribution is -0.130. The zero-order valence-corrected chi connectivity index (χ0v) is 14.0. The zero-order chi connectivity index (χ0) is 16.5. The van der Waals surface area contributed by atoms with Crippen LogP contribution in [0.1, 0.15) is 49.4 Å². The Labute approximate surface area is 142 Å². The number of carbonyl (C=O) groups excluding carboxylic acids is 1. The van der Waals surface area contributed by atoms with Crippen molar-refractivity contribution in [1.29, 1.82) is 0 Å². The van der Waals surface area contributed by atoms with Crippen LogP contribution in [0.5, 0.6) is 0 Å². The van der Waals surface area contributed by atoms with Crippen LogP contribution in [0.2, 0.25) is 0 Å². The molecule has 5 nitrogen and oxygen atoms in total. The maximum Gasteiger partial charge on any atom is 0.223 e. The first-order valence-electron chi connectivity index (χ1n) is 9.11. The van der Waals surface area contributed by atoms with Gasteiger partial charge in [0, 0.05) is 68.4 Å². The molecule has 2 saturated heterocycles. The molecule has 3 heterocycles. The van der Waals surface area contributed by atoms with Crippen molar-refractivity contribution in [2.45, 2.75) is 50.6 Å². The fourth-order valence-electron chi connectivity index (χ4n) is 3.91. The van der Waals surface area contributed by atoms with Crippen molar-refractivity contribution in [3.8, 4) is 0 Å². The molecule has 1 aromatic rings. The molecule has 3 fully saturated rings. The van der Waals surface area contributed by atoms with E-state index in [1.807, 2.05) is 17.3 Å². The summed E-state index contributed by atoms with van der Waals surface area (Å²) in [6.45, 7) is 3.05. The number of alkyl halides is 1. The third-order valence-corrected chi connectivity index (χ3v) is 5.53. The smallest absolute Gasteiger partial charge is 0.223 e. The molecule has 1 atom stereocenters. The van der Waals surface area contributed by atoms with Crippen molar-refractivity contribution in [3.63, 3.8) is 0 Å². The highest BCUT2D eigenvalue weighted by molar-refractivity contribution is 5.79. The van der Waals surface area contributed by atoms with E-state index < -0.39 is 0 Å². The van der Waals surface area contributed by atoms with Gasteiger partial charge in [-0.05, 0) is 25.7 Å². The van der Waals surface area contributed by atoms with Gasteiger partial charge >= 0.3 is 0 Å². The highest BCUT2D eigenvalue weighted by Gasteiger charge is 2.35. The fraction of sp³-hybridized carbons (Fsp3) is 0.722. The Hall–Kier alpha value is -1.56. The van der Waals surface area contributed by atoms with E-state index in [-0.39, 0.29) is 18.5 Å². The van der Waals surface area contributed by atoms with Crippen molar-refractivity contribution < 1.29 is 9.18 Å². The number of nitrogens with zero attached hydrogens (tertiary/aromatic N) is 4. The quantitative estimate of drug-likeness (QED) is 0.829. The van der Waals surface area contributed by atoms with Gasteiger partial charge < -0.3 is 4.90 Å². The number of rotatable bonds is 5. The molecule has 2 aliphatic heterocycles. The number of hydrogen-bond acceptors (Lipinski definition) is 4. The largest absolute Gasteiger partial charge is 0.339 e. The molecule has 1 aliphatic carbocycles. The summed E-state index contributed by atoms with van der Waals surface area (Å²) in [5.41, 5.74) is 1.16. The third kappa shape index (κ3) is 3.43. The summed E-state index contributed by atoms with van der Waals surface area (Å²) in [6, 6.07) is 0.291. The highest BCUT2D eigenvalue weighted by Crippen LogP contribution is 2.37. The standard InChI is InChI=1S/C18H25FN4O/c19-8-13-7-17(24)23(12-13)16-3-5-22(6-4-16)11-14-9-20-18(21-10-14)15-1-2-15/h9-10,13,15-16H,1-8,11-12H2. The topological polar surface area (TPSA) is 49.3 Å². The molecule has 1 unspecified atom stereocenters. The number of carbonyl (C=O) groups is 1. The van der Waals surface area contributed by atoms with E-state index in [0.717, 1.165) is 43.9 Å². The van der Waals surface area contributed by atoms with Crippen LogP contribution in [0.25, 0.3) is 0 Å². The van der Waals surface area contributed by atoms with Gasteiger partial charge in [-0.3, -0.25) is 14.1 Å². The van der Waals surface area contributed by atoms with E-state index in [0.29, 0.717) is 24.9 Å². The minimum atomic E-state index is -0.377. The van der Waals surface area contributed by atoms with Gasteiger partial charge in [0.25, 0.3) is 0 Å². The maximum atomic E-state index is 12.8. The molecule has 0 radical (unpaired) electrons. The highest BCUT2D eigenvalue weighted by atomic mass is 19.1. The fourth-order valence-corrected chi connectivity index (χ4v) is 3.91. The normalized spacial score (nSPS) is 26.3. The van der Waals surface area contributed by atoms with Crippen molar-refractivity contribution in [1.82, 2.24) is 19.8 Å². The van der Waals surface area contributed by atoms with Crippen LogP contribution in [-0.4, -0.2) is 58.0 Å². The third-order valence-electron chi connectivity index (χ3n) is 5.53. The SMILES string of the molecule is O=C1CC(CF)CN1C1CCN(Cc2cnc(C3CC3)nc2)CC1. The van der Waals surface area contributed by atoms with Crippen molar-refractivity contribution in [2.24, 2.45) is 5.92 Å². The number of piperidine rings is 1. The summed E-state index contributed by atoms with van der Waals surface area (Å²) in [4.78, 5) is 25.3. The molecule has 1 amide bonds. The second-order valence-corrected chi connectivity index (χ2v) is 7.50. The molecule has 1 saturated carbocycles. The molecular weight excluding hydrogens is 307 g/mol. The minimum absolute atomic E-state index is 0.0855. The number of aromatic nitrogens is 2. The Morgan fingerprint density at radius 2 is 1.83 bits per heavy atom. The molecule has 0 spiro atoms. The Bertz CT molecular complexity index is 581. The lowest BCUT2D eigenvalue weighted by Gasteiger charge is -2.36. The number of amides is 1. The van der Waals surface area contributed by atoms with Crippen molar-refractivity contribution in [2.75, 3.05) is 26.3 Å². The Morgan fingerprint density at radius 3 is 2.42 bits per heavy atom. The first kappa shape index (κ1) is 15.9. The van der Waals surface area contributed by atoms with Crippen molar-refractivity contribution >= 4 is 5.91 Å². The summed E-state index contributed by atoms with van der Waals surface area (Å²) in [5.74, 6) is 1.64. The molecule has 24 heavy (non-hydrogen) atoms. The number of likely N-dealkylation sites (tertiary alicyclic amines) is 2. The van der Waals surface area contributed by atoms with Gasteiger partial charge in [0.1, 0.15) is 5.82 Å². The van der Waals surface area contributed by atoms with E-state index in [2.05, 4.69) is 14.9 Å². The lowest BCUT2D eigenvalue weighted by atomic mass is 10.0. The van der Waals surface area contributed by atoms with Crippen LogP contribution in [-0.2, 0) is 11.3 Å². The van der Waals surface area contributed by atoms with Crippen LogP contribution in [0.4, 0.5) is 4.39 Å². The summed E-state index contributed by atoms with van der Waals surface area (Å²) >= 11 is 0. The Balaban J connectivity index is 1.27. The van der Waals surface area contributed by atoms with E-state index in [1.54, 1.807) is 0 Å². The predicted octanol–water partition coefficient (Wildman–Crippen LogP) is 2.14. The van der Waals surface area contributed by atoms with Gasteiger partial charge in [-0.15, -0.1) is 0 Å². The molecule has 0 aromatic carbocycles. The minimum Gasteiger partial charge on any atom is -0.339 e. The first-order valence-corrected chi connectivity index (χ1v) is 9.11. The molecule has 6 heteroatoms. The van der Waals surface area contributed by atoms with Crippen LogP contribution < -0.4 is 0 Å². The maximum absolute atomic E-state index is 12.8.